The van der Waals surface area contributed by atoms with E-state index in [9.17, 15) is 53.7 Å². The SMILES string of the molecule is CC(=O)O[C@H]1[C@H](C)[C@H](O)[C@H](C)[C@@H](OC(=O)CCC(=O)NCCCC(=O)NC(C=O)C=O)[C@@H](C)/C=C/C=C(/C)C(=O)Nc2c(=O)c3c(O)c(C)c4c(c3c3nc5c(=O)cc(N6CCN(CC(C)C)CC6)cc5oc23)=C(O)[C@@](C)(O/C=C/[C@H](C)[C@H]1C)O4. The zero-order chi connectivity index (χ0) is 62.4. The molecule has 4 aromatic rings. The third-order valence-electron chi connectivity index (χ3n) is 16.2. The van der Waals surface area contributed by atoms with Crippen molar-refractivity contribution < 1.29 is 72.2 Å². The van der Waals surface area contributed by atoms with Gasteiger partial charge in [0.15, 0.2) is 22.4 Å². The number of nitrogens with one attached hydrogen (secondary N) is 3. The first-order chi connectivity index (χ1) is 40.2. The van der Waals surface area contributed by atoms with Crippen LogP contribution in [0.25, 0.3) is 38.7 Å². The lowest BCUT2D eigenvalue weighted by Crippen LogP contribution is -2.47. The van der Waals surface area contributed by atoms with Crippen molar-refractivity contribution in [3.8, 4) is 11.5 Å². The molecule has 8 rings (SSSR count). The van der Waals surface area contributed by atoms with Gasteiger partial charge in [-0.3, -0.25) is 38.5 Å². The first kappa shape index (κ1) is 64.4. The molecule has 1 saturated heterocycles. The number of ether oxygens (including phenoxy) is 4. The summed E-state index contributed by atoms with van der Waals surface area (Å²) in [5.74, 6) is -9.37. The molecule has 0 saturated carbocycles. The molecule has 0 spiro atoms. The Labute approximate surface area is 491 Å². The van der Waals surface area contributed by atoms with Crippen LogP contribution in [0.15, 0.2) is 62.3 Å². The number of esters is 2. The first-order valence-electron chi connectivity index (χ1n) is 28.8. The van der Waals surface area contributed by atoms with Crippen molar-refractivity contribution in [2.24, 2.45) is 35.5 Å². The van der Waals surface area contributed by atoms with Gasteiger partial charge in [0, 0.05) is 118 Å². The minimum Gasteiger partial charge on any atom is -0.507 e. The molecule has 1 aromatic heterocycles. The number of nitrogens with zero attached hydrogens (tertiary/aromatic N) is 3. The Kier molecular flexibility index (Phi) is 20.6. The average Bonchev–Trinajstić information content (AvgIpc) is 1.76. The zero-order valence-electron chi connectivity index (χ0n) is 49.9. The molecule has 458 valence electrons. The van der Waals surface area contributed by atoms with E-state index >= 15 is 4.79 Å². The van der Waals surface area contributed by atoms with E-state index in [2.05, 4.69) is 39.6 Å². The van der Waals surface area contributed by atoms with Crippen LogP contribution in [0, 0.1) is 42.4 Å². The number of phenolic OH excluding ortho intramolecular Hbond substituents is 1. The van der Waals surface area contributed by atoms with E-state index in [0.29, 0.717) is 24.7 Å². The van der Waals surface area contributed by atoms with Crippen LogP contribution in [0.1, 0.15) is 100 Å². The number of phenols is 1. The van der Waals surface area contributed by atoms with Crippen molar-refractivity contribution >= 4 is 92.3 Å². The van der Waals surface area contributed by atoms with Crippen LogP contribution in [0.3, 0.4) is 0 Å². The molecule has 9 atom stereocenters. The summed E-state index contributed by atoms with van der Waals surface area (Å²) < 4.78 is 31.1. The summed E-state index contributed by atoms with van der Waals surface area (Å²) >= 11 is 0. The number of carbonyl (C=O) groups excluding carboxylic acids is 7. The minimum atomic E-state index is -2.01. The highest BCUT2D eigenvalue weighted by molar-refractivity contribution is 6.17. The van der Waals surface area contributed by atoms with Crippen LogP contribution < -0.4 is 41.7 Å². The van der Waals surface area contributed by atoms with Gasteiger partial charge in [-0.05, 0) is 44.1 Å². The van der Waals surface area contributed by atoms with E-state index in [0.717, 1.165) is 19.6 Å². The fraction of sp³-hybridized carbons (Fsp3) is 0.516. The lowest BCUT2D eigenvalue weighted by atomic mass is 9.77. The number of hydrogen-bond donors (Lipinski definition) is 6. The van der Waals surface area contributed by atoms with Crippen LogP contribution in [-0.2, 0) is 47.8 Å². The molecule has 0 radical (unpaired) electrons. The van der Waals surface area contributed by atoms with Crippen molar-refractivity contribution in [1.29, 1.82) is 0 Å². The predicted molar refractivity (Wildman–Crippen MR) is 316 cm³/mol. The molecule has 85 heavy (non-hydrogen) atoms. The summed E-state index contributed by atoms with van der Waals surface area (Å²) in [7, 11) is 0. The second kappa shape index (κ2) is 27.2. The Morgan fingerprint density at radius 1 is 0.871 bits per heavy atom. The quantitative estimate of drug-likeness (QED) is 0.0226. The number of fused-ring (bicyclic) bond motifs is 14. The Morgan fingerprint density at radius 2 is 1.55 bits per heavy atom. The number of aliphatic hydroxyl groups excluding tert-OH is 2. The maximum atomic E-state index is 15.1. The van der Waals surface area contributed by atoms with Gasteiger partial charge in [-0.1, -0.05) is 66.7 Å². The lowest BCUT2D eigenvalue weighted by molar-refractivity contribution is -0.164. The van der Waals surface area contributed by atoms with Gasteiger partial charge >= 0.3 is 17.7 Å². The summed E-state index contributed by atoms with van der Waals surface area (Å²) in [6.45, 7) is 22.3. The molecular weight excluding hydrogens is 1100 g/mol. The highest BCUT2D eigenvalue weighted by Crippen LogP contribution is 2.43. The zero-order valence-corrected chi connectivity index (χ0v) is 49.9. The van der Waals surface area contributed by atoms with Gasteiger partial charge in [-0.2, -0.15) is 0 Å². The number of piperazine rings is 1. The summed E-state index contributed by atoms with van der Waals surface area (Å²) in [6.07, 6.45) is 4.17. The van der Waals surface area contributed by atoms with Crippen molar-refractivity contribution in [3.05, 3.63) is 79.5 Å². The number of aromatic nitrogens is 1. The molecule has 0 unspecified atom stereocenters. The van der Waals surface area contributed by atoms with Gasteiger partial charge in [-0.25, -0.2) is 4.98 Å². The van der Waals surface area contributed by atoms with E-state index in [-0.39, 0.29) is 99.9 Å². The molecule has 3 amide bonds. The second-order valence-electron chi connectivity index (χ2n) is 23.2. The molecule has 1 fully saturated rings. The monoisotopic (exact) mass is 1180 g/mol. The smallest absolute Gasteiger partial charge is 0.307 e. The highest BCUT2D eigenvalue weighted by Gasteiger charge is 2.44. The number of aromatic hydroxyl groups is 1. The Hall–Kier alpha value is -8.18. The fourth-order valence-electron chi connectivity index (χ4n) is 11.2. The molecule has 6 N–H and O–H groups in total. The third kappa shape index (κ3) is 14.3. The number of anilines is 2. The van der Waals surface area contributed by atoms with Crippen LogP contribution in [0.4, 0.5) is 11.4 Å². The summed E-state index contributed by atoms with van der Waals surface area (Å²) in [5.41, 5.74) is -1.81. The van der Waals surface area contributed by atoms with Gasteiger partial charge in [-0.15, -0.1) is 0 Å². The predicted octanol–water partition coefficient (Wildman–Crippen LogP) is 5.07. The fourth-order valence-corrected chi connectivity index (χ4v) is 11.2. The molecule has 4 aliphatic heterocycles. The van der Waals surface area contributed by atoms with Gasteiger partial charge in [0.25, 0.3) is 5.91 Å². The Bertz CT molecular complexity index is 3520. The third-order valence-corrected chi connectivity index (χ3v) is 16.2. The minimum absolute atomic E-state index is 0.00366. The first-order valence-corrected chi connectivity index (χ1v) is 28.8. The summed E-state index contributed by atoms with van der Waals surface area (Å²) in [5, 5.41) is 43.4. The number of hydrogen-bond acceptors (Lipinski definition) is 20. The van der Waals surface area contributed by atoms with Crippen LogP contribution in [-0.4, -0.2) is 137 Å². The van der Waals surface area contributed by atoms with Crippen molar-refractivity contribution in [2.45, 2.75) is 132 Å². The number of aldehydes is 2. The van der Waals surface area contributed by atoms with Crippen LogP contribution >= 0.6 is 0 Å². The molecule has 4 aliphatic rings. The number of benzene rings is 3. The average molecular weight is 1180 g/mol. The van der Waals surface area contributed by atoms with E-state index in [1.165, 1.54) is 52.2 Å². The number of rotatable bonds is 15. The number of amides is 3. The van der Waals surface area contributed by atoms with Gasteiger partial charge in [0.1, 0.15) is 53.5 Å². The highest BCUT2D eigenvalue weighted by atomic mass is 16.7. The molecular formula is C62H78N6O17. The molecule has 23 nitrogen and oxygen atoms in total. The number of aliphatic hydroxyl groups is 2. The van der Waals surface area contributed by atoms with Crippen molar-refractivity contribution in [1.82, 2.24) is 20.5 Å². The largest absolute Gasteiger partial charge is 0.507 e. The lowest BCUT2D eigenvalue weighted by Gasteiger charge is -2.38. The number of allylic oxidation sites excluding steroid dienone is 3. The number of carbonyl (C=O) groups is 7. The molecule has 5 heterocycles. The maximum absolute atomic E-state index is 15.1. The maximum Gasteiger partial charge on any atom is 0.307 e. The topological polar surface area (TPSA) is 320 Å². The van der Waals surface area contributed by atoms with Crippen LogP contribution in [0.2, 0.25) is 0 Å². The summed E-state index contributed by atoms with van der Waals surface area (Å²) in [4.78, 5) is 126. The molecule has 5 bridgehead atoms. The van der Waals surface area contributed by atoms with Crippen molar-refractivity contribution in [2.75, 3.05) is 49.5 Å². The Morgan fingerprint density at radius 3 is 2.21 bits per heavy atom. The van der Waals surface area contributed by atoms with E-state index < -0.39 is 117 Å². The molecule has 0 aliphatic carbocycles. The van der Waals surface area contributed by atoms with Gasteiger partial charge in [0.2, 0.25) is 22.7 Å². The van der Waals surface area contributed by atoms with E-state index in [1.807, 2.05) is 6.92 Å². The van der Waals surface area contributed by atoms with Crippen LogP contribution in [0.5, 0.6) is 11.5 Å². The van der Waals surface area contributed by atoms with Gasteiger partial charge in [0.05, 0.1) is 29.4 Å². The molecule has 3 aromatic carbocycles. The van der Waals surface area contributed by atoms with E-state index in [4.69, 9.17) is 28.3 Å². The van der Waals surface area contributed by atoms with Gasteiger partial charge < -0.3 is 69.1 Å². The standard InChI is InChI=1S/C62H78N6O17/c1-31(2)28-67-21-23-68(24-22-67)41-26-42(72)50-43(27-41)83-59-51(65-50)47-48-54(77)38(9)58-49(47)60(79)62(11,85-58)81-25-19-32(3)35(6)57(82-39(10)71)37(8)53(76)36(7)56(33(4)14-12-15-34(5)61(80)66-52(59)55(48)78)84-46(75)18-17-44(73)63-20-13-16-45(74)64-40(29-69)30-70/h12,14-15,19,25-27,29-33,35-37,40,53,56-57,76-77,79H,13,16-18,20-24,28H2,1-11H3,(H,63,73)(H,64,74)(H,66,80)/b14-12+,25-19+,34-15-/t32-,33-,35+,36-,37+,53+,56-,57+,62-/m0/s1. The molecule has 23 heteroatoms. The summed E-state index contributed by atoms with van der Waals surface area (Å²) in [6, 6.07) is 1.83. The normalized spacial score (nSPS) is 25.7. The van der Waals surface area contributed by atoms with Crippen molar-refractivity contribution in [3.63, 3.8) is 0 Å². The Balaban J connectivity index is 1.30. The van der Waals surface area contributed by atoms with E-state index in [1.54, 1.807) is 45.9 Å². The second-order valence-corrected chi connectivity index (χ2v) is 23.2.